The Balaban J connectivity index is 1.35. The zero-order valence-electron chi connectivity index (χ0n) is 25.1. The van der Waals surface area contributed by atoms with Crippen molar-refractivity contribution in [3.8, 4) is 22.3 Å². The van der Waals surface area contributed by atoms with Crippen molar-refractivity contribution in [3.63, 3.8) is 0 Å². The fourth-order valence-corrected chi connectivity index (χ4v) is 7.02. The topological polar surface area (TPSA) is 0 Å². The van der Waals surface area contributed by atoms with Gasteiger partial charge in [0.1, 0.15) is 0 Å². The summed E-state index contributed by atoms with van der Waals surface area (Å²) in [7, 11) is 0. The van der Waals surface area contributed by atoms with Gasteiger partial charge in [-0.1, -0.05) is 124 Å². The zero-order valence-corrected chi connectivity index (χ0v) is 25.1. The first-order valence-electron chi connectivity index (χ1n) is 15.5. The van der Waals surface area contributed by atoms with E-state index in [9.17, 15) is 0 Å². The molecule has 7 rings (SSSR count). The first-order chi connectivity index (χ1) is 20.5. The Labute approximate surface area is 250 Å². The number of fused-ring (bicyclic) bond motifs is 6. The van der Waals surface area contributed by atoms with E-state index in [4.69, 9.17) is 0 Å². The molecule has 0 aliphatic heterocycles. The lowest BCUT2D eigenvalue weighted by Gasteiger charge is -2.27. The van der Waals surface area contributed by atoms with Crippen LogP contribution in [0.3, 0.4) is 0 Å². The van der Waals surface area contributed by atoms with Crippen LogP contribution in [0.4, 0.5) is 0 Å². The summed E-state index contributed by atoms with van der Waals surface area (Å²) in [6.45, 7) is 9.33. The molecule has 2 unspecified atom stereocenters. The van der Waals surface area contributed by atoms with Gasteiger partial charge in [-0.25, -0.2) is 0 Å². The molecule has 0 saturated heterocycles. The molecule has 1 aliphatic carbocycles. The van der Waals surface area contributed by atoms with Crippen LogP contribution in [0.1, 0.15) is 44.7 Å². The van der Waals surface area contributed by atoms with E-state index >= 15 is 0 Å². The minimum Gasteiger partial charge on any atom is -0.0836 e. The van der Waals surface area contributed by atoms with Crippen LogP contribution in [-0.4, -0.2) is 0 Å². The summed E-state index contributed by atoms with van der Waals surface area (Å²) in [6, 6.07) is 40.8. The van der Waals surface area contributed by atoms with Gasteiger partial charge in [0.2, 0.25) is 0 Å². The first-order valence-corrected chi connectivity index (χ1v) is 15.5. The van der Waals surface area contributed by atoms with Gasteiger partial charge >= 0.3 is 0 Å². The molecular formula is C42H38. The van der Waals surface area contributed by atoms with Gasteiger partial charge in [0.05, 0.1) is 0 Å². The predicted molar refractivity (Wildman–Crippen MR) is 184 cm³/mol. The SMILES string of the molecule is CCC(C)C1=C(c2cc(-c3cccc(-c4ccc5c6ccccc6c6ccccc6c5c4)c3)ccc2C)C(C)CC=C1. The van der Waals surface area contributed by atoms with E-state index in [2.05, 4.69) is 149 Å². The summed E-state index contributed by atoms with van der Waals surface area (Å²) in [5.74, 6) is 1.09. The molecule has 0 nitrogen and oxygen atoms in total. The summed E-state index contributed by atoms with van der Waals surface area (Å²) in [6.07, 6.45) is 7.03. The summed E-state index contributed by atoms with van der Waals surface area (Å²) >= 11 is 0. The average molecular weight is 543 g/mol. The quantitative estimate of drug-likeness (QED) is 0.190. The van der Waals surface area contributed by atoms with E-state index in [0.717, 1.165) is 12.8 Å². The van der Waals surface area contributed by atoms with Gasteiger partial charge in [-0.3, -0.25) is 0 Å². The molecular weight excluding hydrogens is 504 g/mol. The lowest BCUT2D eigenvalue weighted by atomic mass is 9.77. The fourth-order valence-electron chi connectivity index (χ4n) is 7.02. The zero-order chi connectivity index (χ0) is 28.8. The first kappa shape index (κ1) is 26.5. The Morgan fingerprint density at radius 1 is 0.619 bits per heavy atom. The van der Waals surface area contributed by atoms with E-state index in [0.29, 0.717) is 11.8 Å². The molecule has 0 aromatic heterocycles. The Hall–Kier alpha value is -4.42. The lowest BCUT2D eigenvalue weighted by Crippen LogP contribution is -2.11. The van der Waals surface area contributed by atoms with E-state index in [-0.39, 0.29) is 0 Å². The number of benzene rings is 6. The molecule has 0 radical (unpaired) electrons. The maximum Gasteiger partial charge on any atom is -0.00928 e. The lowest BCUT2D eigenvalue weighted by molar-refractivity contribution is 0.647. The number of rotatable bonds is 5. The molecule has 0 heterocycles. The fraction of sp³-hybridized carbons (Fsp3) is 0.190. The third-order valence-electron chi connectivity index (χ3n) is 9.54. The van der Waals surface area contributed by atoms with E-state index in [1.807, 2.05) is 0 Å². The summed E-state index contributed by atoms with van der Waals surface area (Å²) < 4.78 is 0. The van der Waals surface area contributed by atoms with Crippen LogP contribution in [0.2, 0.25) is 0 Å². The van der Waals surface area contributed by atoms with Crippen LogP contribution in [0.25, 0.3) is 60.1 Å². The Morgan fingerprint density at radius 3 is 1.81 bits per heavy atom. The second-order valence-corrected chi connectivity index (χ2v) is 12.2. The molecule has 2 atom stereocenters. The highest BCUT2D eigenvalue weighted by Gasteiger charge is 2.22. The van der Waals surface area contributed by atoms with Crippen molar-refractivity contribution in [1.29, 1.82) is 0 Å². The van der Waals surface area contributed by atoms with Crippen LogP contribution < -0.4 is 0 Å². The highest BCUT2D eigenvalue weighted by molar-refractivity contribution is 6.25. The number of aryl methyl sites for hydroxylation is 1. The second-order valence-electron chi connectivity index (χ2n) is 12.2. The Kier molecular flexibility index (Phi) is 6.79. The van der Waals surface area contributed by atoms with Gasteiger partial charge in [-0.2, -0.15) is 0 Å². The minimum absolute atomic E-state index is 0.530. The maximum atomic E-state index is 2.45. The molecule has 0 heteroatoms. The largest absolute Gasteiger partial charge is 0.0836 e. The van der Waals surface area contributed by atoms with Crippen LogP contribution in [0.5, 0.6) is 0 Å². The highest BCUT2D eigenvalue weighted by atomic mass is 14.3. The van der Waals surface area contributed by atoms with Crippen LogP contribution in [0.15, 0.2) is 127 Å². The molecule has 6 aromatic carbocycles. The molecule has 0 amide bonds. The van der Waals surface area contributed by atoms with Crippen molar-refractivity contribution in [2.45, 2.75) is 40.5 Å². The minimum atomic E-state index is 0.530. The van der Waals surface area contributed by atoms with Gasteiger partial charge in [-0.15, -0.1) is 0 Å². The Morgan fingerprint density at radius 2 is 1.17 bits per heavy atom. The van der Waals surface area contributed by atoms with Gasteiger partial charge in [0.15, 0.2) is 0 Å². The van der Waals surface area contributed by atoms with Crippen molar-refractivity contribution in [2.24, 2.45) is 11.8 Å². The molecule has 0 saturated carbocycles. The number of hydrogen-bond donors (Lipinski definition) is 0. The van der Waals surface area contributed by atoms with Crippen LogP contribution in [0, 0.1) is 18.8 Å². The molecule has 6 aromatic rings. The van der Waals surface area contributed by atoms with Gasteiger partial charge in [-0.05, 0) is 127 Å². The standard InChI is InChI=1S/C42H38/c1-5-27(2)34-19-10-12-29(4)42(34)40-25-32(21-20-28(40)3)30-13-11-14-31(24-30)33-22-23-39-37-17-7-6-15-35(37)36-16-8-9-18-38(36)41(39)26-33/h6-11,13-27,29H,5,12H2,1-4H3. The molecule has 1 aliphatic rings. The number of hydrogen-bond acceptors (Lipinski definition) is 0. The van der Waals surface area contributed by atoms with Crippen molar-refractivity contribution in [3.05, 3.63) is 138 Å². The van der Waals surface area contributed by atoms with E-state index in [1.165, 1.54) is 76.8 Å². The summed E-state index contributed by atoms with van der Waals surface area (Å²) in [5.41, 5.74) is 10.9. The molecule has 206 valence electrons. The third kappa shape index (κ3) is 4.47. The molecule has 0 N–H and O–H groups in total. The van der Waals surface area contributed by atoms with Gasteiger partial charge < -0.3 is 0 Å². The highest BCUT2D eigenvalue weighted by Crippen LogP contribution is 2.41. The van der Waals surface area contributed by atoms with Crippen molar-refractivity contribution in [1.82, 2.24) is 0 Å². The molecule has 0 spiro atoms. The van der Waals surface area contributed by atoms with Crippen molar-refractivity contribution < 1.29 is 0 Å². The monoisotopic (exact) mass is 542 g/mol. The molecule has 0 fully saturated rings. The van der Waals surface area contributed by atoms with Crippen molar-refractivity contribution >= 4 is 37.9 Å². The van der Waals surface area contributed by atoms with Crippen LogP contribution >= 0.6 is 0 Å². The normalized spacial score (nSPS) is 16.0. The summed E-state index contributed by atoms with van der Waals surface area (Å²) in [5, 5.41) is 7.89. The predicted octanol–water partition coefficient (Wildman–Crippen LogP) is 12.2. The second kappa shape index (κ2) is 10.8. The number of allylic oxidation sites excluding steroid dienone is 4. The average Bonchev–Trinajstić information content (AvgIpc) is 3.04. The third-order valence-corrected chi connectivity index (χ3v) is 9.54. The Bertz CT molecular complexity index is 2000. The summed E-state index contributed by atoms with van der Waals surface area (Å²) in [4.78, 5) is 0. The maximum absolute atomic E-state index is 2.45. The van der Waals surface area contributed by atoms with E-state index < -0.39 is 0 Å². The van der Waals surface area contributed by atoms with E-state index in [1.54, 1.807) is 0 Å². The molecule has 42 heavy (non-hydrogen) atoms. The molecule has 0 bridgehead atoms. The van der Waals surface area contributed by atoms with Crippen molar-refractivity contribution in [2.75, 3.05) is 0 Å². The smallest absolute Gasteiger partial charge is 0.00928 e. The van der Waals surface area contributed by atoms with Gasteiger partial charge in [0.25, 0.3) is 0 Å². The van der Waals surface area contributed by atoms with Crippen LogP contribution in [-0.2, 0) is 0 Å². The van der Waals surface area contributed by atoms with Gasteiger partial charge in [0, 0.05) is 0 Å².